The highest BCUT2D eigenvalue weighted by Crippen LogP contribution is 2.11. The lowest BCUT2D eigenvalue weighted by molar-refractivity contribution is 0.613. The van der Waals surface area contributed by atoms with Gasteiger partial charge in [-0.15, -0.1) is 13.2 Å². The van der Waals surface area contributed by atoms with E-state index >= 15 is 0 Å². The van der Waals surface area contributed by atoms with Crippen molar-refractivity contribution in [1.82, 2.24) is 9.55 Å². The third kappa shape index (κ3) is 1.80. The molecule has 0 N–H and O–H groups in total. The first-order chi connectivity index (χ1) is 5.38. The lowest BCUT2D eigenvalue weighted by Gasteiger charge is -2.10. The van der Waals surface area contributed by atoms with Crippen molar-refractivity contribution in [3.63, 3.8) is 0 Å². The first-order valence-corrected chi connectivity index (χ1v) is 3.59. The van der Waals surface area contributed by atoms with Crippen LogP contribution in [0.2, 0.25) is 0 Å². The molecule has 1 unspecified atom stereocenters. The van der Waals surface area contributed by atoms with Crippen molar-refractivity contribution >= 4 is 0 Å². The summed E-state index contributed by atoms with van der Waals surface area (Å²) in [5.74, 6) is 0. The molecule has 58 valence electrons. The third-order valence-corrected chi connectivity index (χ3v) is 1.59. The van der Waals surface area contributed by atoms with Gasteiger partial charge in [-0.05, 0) is 6.42 Å². The molecule has 1 aromatic rings. The molecular weight excluding hydrogens is 136 g/mol. The first kappa shape index (κ1) is 7.79. The van der Waals surface area contributed by atoms with Crippen LogP contribution >= 0.6 is 0 Å². The van der Waals surface area contributed by atoms with Crippen molar-refractivity contribution in [1.29, 1.82) is 0 Å². The Morgan fingerprint density at radius 3 is 2.82 bits per heavy atom. The molecule has 0 saturated carbocycles. The van der Waals surface area contributed by atoms with Crippen LogP contribution in [0.3, 0.4) is 0 Å². The van der Waals surface area contributed by atoms with Crippen LogP contribution in [0.4, 0.5) is 0 Å². The summed E-state index contributed by atoms with van der Waals surface area (Å²) in [5.41, 5.74) is 0. The quantitative estimate of drug-likeness (QED) is 0.598. The average Bonchev–Trinajstić information content (AvgIpc) is 2.52. The fourth-order valence-corrected chi connectivity index (χ4v) is 0.976. The van der Waals surface area contributed by atoms with Crippen molar-refractivity contribution in [3.8, 4) is 0 Å². The molecule has 11 heavy (non-hydrogen) atoms. The minimum atomic E-state index is 0.301. The number of aromatic nitrogens is 2. The second-order valence-electron chi connectivity index (χ2n) is 2.34. The minimum Gasteiger partial charge on any atom is -0.330 e. The maximum atomic E-state index is 3.95. The summed E-state index contributed by atoms with van der Waals surface area (Å²) < 4.78 is 2.01. The lowest BCUT2D eigenvalue weighted by atomic mass is 10.2. The second-order valence-corrected chi connectivity index (χ2v) is 2.34. The van der Waals surface area contributed by atoms with E-state index in [4.69, 9.17) is 0 Å². The Balaban J connectivity index is 2.70. The molecule has 2 heteroatoms. The summed E-state index contributed by atoms with van der Waals surface area (Å²) >= 11 is 0. The maximum Gasteiger partial charge on any atom is 0.0951 e. The van der Waals surface area contributed by atoms with Crippen LogP contribution < -0.4 is 0 Å². The highest BCUT2D eigenvalue weighted by Gasteiger charge is 2.01. The van der Waals surface area contributed by atoms with Crippen molar-refractivity contribution < 1.29 is 0 Å². The molecule has 0 fully saturated rings. The zero-order chi connectivity index (χ0) is 8.10. The molecule has 0 radical (unpaired) electrons. The molecular formula is C9H12N2. The van der Waals surface area contributed by atoms with Gasteiger partial charge in [0.05, 0.1) is 12.4 Å². The molecule has 0 aliphatic heterocycles. The Hall–Kier alpha value is -1.31. The molecule has 1 rings (SSSR count). The van der Waals surface area contributed by atoms with Crippen molar-refractivity contribution in [2.24, 2.45) is 0 Å². The fraction of sp³-hybridized carbons (Fsp3) is 0.222. The van der Waals surface area contributed by atoms with Crippen LogP contribution in [0.5, 0.6) is 0 Å². The minimum absolute atomic E-state index is 0.301. The van der Waals surface area contributed by atoms with E-state index in [1.165, 1.54) is 0 Å². The Morgan fingerprint density at radius 1 is 1.55 bits per heavy atom. The van der Waals surface area contributed by atoms with Gasteiger partial charge in [0.2, 0.25) is 0 Å². The standard InChI is InChI=1S/C9H12N2/c1-3-5-9(4-2)11-7-6-10-8-11/h3-4,6-9H,1-2,5H2. The Kier molecular flexibility index (Phi) is 2.66. The summed E-state index contributed by atoms with van der Waals surface area (Å²) in [6.45, 7) is 7.42. The van der Waals surface area contributed by atoms with E-state index in [0.717, 1.165) is 6.42 Å². The van der Waals surface area contributed by atoms with E-state index in [9.17, 15) is 0 Å². The van der Waals surface area contributed by atoms with E-state index in [-0.39, 0.29) is 0 Å². The highest BCUT2D eigenvalue weighted by atomic mass is 15.0. The summed E-state index contributed by atoms with van der Waals surface area (Å²) in [5, 5.41) is 0. The number of hydrogen-bond acceptors (Lipinski definition) is 1. The number of allylic oxidation sites excluding steroid dienone is 2. The lowest BCUT2D eigenvalue weighted by Crippen LogP contribution is -2.01. The average molecular weight is 148 g/mol. The topological polar surface area (TPSA) is 17.8 Å². The number of nitrogens with zero attached hydrogens (tertiary/aromatic N) is 2. The van der Waals surface area contributed by atoms with E-state index in [1.807, 2.05) is 22.9 Å². The molecule has 0 bridgehead atoms. The van der Waals surface area contributed by atoms with E-state index in [2.05, 4.69) is 18.1 Å². The first-order valence-electron chi connectivity index (χ1n) is 3.59. The van der Waals surface area contributed by atoms with Gasteiger partial charge in [-0.3, -0.25) is 0 Å². The Morgan fingerprint density at radius 2 is 2.36 bits per heavy atom. The number of hydrogen-bond donors (Lipinski definition) is 0. The van der Waals surface area contributed by atoms with E-state index in [0.29, 0.717) is 6.04 Å². The zero-order valence-electron chi connectivity index (χ0n) is 6.48. The van der Waals surface area contributed by atoms with Crippen LogP contribution in [0.1, 0.15) is 12.5 Å². The van der Waals surface area contributed by atoms with E-state index in [1.54, 1.807) is 12.5 Å². The normalized spacial score (nSPS) is 12.4. The molecule has 1 aromatic heterocycles. The van der Waals surface area contributed by atoms with Gasteiger partial charge in [-0.2, -0.15) is 0 Å². The Labute approximate surface area is 66.9 Å². The van der Waals surface area contributed by atoms with Crippen molar-refractivity contribution in [2.45, 2.75) is 12.5 Å². The zero-order valence-corrected chi connectivity index (χ0v) is 6.48. The van der Waals surface area contributed by atoms with E-state index < -0.39 is 0 Å². The summed E-state index contributed by atoms with van der Waals surface area (Å²) in [7, 11) is 0. The molecule has 2 nitrogen and oxygen atoms in total. The van der Waals surface area contributed by atoms with Gasteiger partial charge in [0.15, 0.2) is 0 Å². The van der Waals surface area contributed by atoms with Crippen molar-refractivity contribution in [2.75, 3.05) is 0 Å². The van der Waals surface area contributed by atoms with Crippen LogP contribution in [0, 0.1) is 0 Å². The van der Waals surface area contributed by atoms with Gasteiger partial charge in [-0.1, -0.05) is 12.2 Å². The Bertz CT molecular complexity index is 224. The van der Waals surface area contributed by atoms with Gasteiger partial charge in [0.1, 0.15) is 0 Å². The number of rotatable bonds is 4. The van der Waals surface area contributed by atoms with Crippen molar-refractivity contribution in [3.05, 3.63) is 44.0 Å². The monoisotopic (exact) mass is 148 g/mol. The van der Waals surface area contributed by atoms with Crippen LogP contribution in [0.25, 0.3) is 0 Å². The van der Waals surface area contributed by atoms with Gasteiger partial charge in [0.25, 0.3) is 0 Å². The van der Waals surface area contributed by atoms with Gasteiger partial charge in [0, 0.05) is 12.4 Å². The highest BCUT2D eigenvalue weighted by molar-refractivity contribution is 4.93. The molecule has 0 saturated heterocycles. The molecule has 0 aliphatic rings. The molecule has 0 aromatic carbocycles. The van der Waals surface area contributed by atoms with Gasteiger partial charge in [-0.25, -0.2) is 4.98 Å². The van der Waals surface area contributed by atoms with Gasteiger partial charge >= 0.3 is 0 Å². The van der Waals surface area contributed by atoms with Crippen LogP contribution in [-0.4, -0.2) is 9.55 Å². The SMILES string of the molecule is C=CCC(C=C)n1ccnc1. The predicted octanol–water partition coefficient (Wildman–Crippen LogP) is 2.19. The van der Waals surface area contributed by atoms with Crippen LogP contribution in [0.15, 0.2) is 44.0 Å². The fourth-order valence-electron chi connectivity index (χ4n) is 0.976. The smallest absolute Gasteiger partial charge is 0.0951 e. The summed E-state index contributed by atoms with van der Waals surface area (Å²) in [6.07, 6.45) is 10.2. The molecule has 1 atom stereocenters. The predicted molar refractivity (Wildman–Crippen MR) is 46.3 cm³/mol. The molecule has 0 spiro atoms. The molecule has 0 amide bonds. The second kappa shape index (κ2) is 3.76. The molecule has 1 heterocycles. The number of imidazole rings is 1. The van der Waals surface area contributed by atoms with Crippen LogP contribution in [-0.2, 0) is 0 Å². The largest absolute Gasteiger partial charge is 0.330 e. The summed E-state index contributed by atoms with van der Waals surface area (Å²) in [4.78, 5) is 3.95. The molecule has 0 aliphatic carbocycles. The van der Waals surface area contributed by atoms with Gasteiger partial charge < -0.3 is 4.57 Å². The summed E-state index contributed by atoms with van der Waals surface area (Å²) in [6, 6.07) is 0.301. The third-order valence-electron chi connectivity index (χ3n) is 1.59. The maximum absolute atomic E-state index is 3.95.